The Balaban J connectivity index is 2.91. The van der Waals surface area contributed by atoms with Gasteiger partial charge in [-0.25, -0.2) is 0 Å². The minimum Gasteiger partial charge on any atom is -0.427 e. The summed E-state index contributed by atoms with van der Waals surface area (Å²) in [6.45, 7) is 4.23. The molecule has 0 saturated heterocycles. The van der Waals surface area contributed by atoms with Gasteiger partial charge in [0.25, 0.3) is 0 Å². The van der Waals surface area contributed by atoms with Crippen molar-refractivity contribution in [1.29, 1.82) is 0 Å². The quantitative estimate of drug-likeness (QED) is 0.524. The highest BCUT2D eigenvalue weighted by Crippen LogP contribution is 1.91. The Morgan fingerprint density at radius 3 is 2.33 bits per heavy atom. The van der Waals surface area contributed by atoms with E-state index in [-0.39, 0.29) is 12.4 Å². The van der Waals surface area contributed by atoms with E-state index in [0.717, 1.165) is 0 Å². The molecule has 0 aromatic rings. The zero-order valence-corrected chi connectivity index (χ0v) is 5.87. The van der Waals surface area contributed by atoms with Crippen LogP contribution in [0.15, 0.2) is 0 Å². The minimum atomic E-state index is -1.23. The monoisotopic (exact) mass is 132 g/mol. The maximum Gasteiger partial charge on any atom is 0.453 e. The average molecular weight is 132 g/mol. The first kappa shape index (κ1) is 8.94. The van der Waals surface area contributed by atoms with Crippen LogP contribution in [-0.4, -0.2) is 29.9 Å². The lowest BCUT2D eigenvalue weighted by molar-refractivity contribution is 0.0868. The number of hydrogen-bond donors (Lipinski definition) is 2. The Labute approximate surface area is 55.8 Å². The van der Waals surface area contributed by atoms with Crippen LogP contribution >= 0.6 is 0 Å². The standard InChI is InChI=1S/C5H13BO3/c1-5(2)9-4-3-6(7)8/h5,7-8H,3-4H2,1-2H3. The lowest BCUT2D eigenvalue weighted by atomic mass is 9.87. The Bertz CT molecular complexity index is 57.2. The van der Waals surface area contributed by atoms with Crippen molar-refractivity contribution in [3.63, 3.8) is 0 Å². The van der Waals surface area contributed by atoms with Gasteiger partial charge in [0.15, 0.2) is 0 Å². The first-order chi connectivity index (χ1) is 4.13. The van der Waals surface area contributed by atoms with Crippen molar-refractivity contribution >= 4 is 7.12 Å². The Morgan fingerprint density at radius 1 is 1.44 bits per heavy atom. The van der Waals surface area contributed by atoms with Gasteiger partial charge in [0.2, 0.25) is 0 Å². The van der Waals surface area contributed by atoms with E-state index in [2.05, 4.69) is 0 Å². The zero-order valence-electron chi connectivity index (χ0n) is 5.87. The van der Waals surface area contributed by atoms with Crippen LogP contribution in [0.4, 0.5) is 0 Å². The van der Waals surface area contributed by atoms with Crippen molar-refractivity contribution in [1.82, 2.24) is 0 Å². The van der Waals surface area contributed by atoms with Gasteiger partial charge in [-0.15, -0.1) is 0 Å². The molecule has 3 nitrogen and oxygen atoms in total. The van der Waals surface area contributed by atoms with Gasteiger partial charge in [0.05, 0.1) is 6.10 Å². The summed E-state index contributed by atoms with van der Waals surface area (Å²) in [5.41, 5.74) is 0. The van der Waals surface area contributed by atoms with Crippen molar-refractivity contribution in [2.45, 2.75) is 26.3 Å². The highest BCUT2D eigenvalue weighted by molar-refractivity contribution is 6.41. The third-order valence-corrected chi connectivity index (χ3v) is 0.827. The third kappa shape index (κ3) is 7.94. The van der Waals surface area contributed by atoms with Crippen molar-refractivity contribution in [2.24, 2.45) is 0 Å². The van der Waals surface area contributed by atoms with Crippen LogP contribution in [0.25, 0.3) is 0 Å². The molecule has 0 atom stereocenters. The number of hydrogen-bond acceptors (Lipinski definition) is 3. The molecule has 0 saturated carbocycles. The molecule has 0 fully saturated rings. The Kier molecular flexibility index (Phi) is 4.76. The van der Waals surface area contributed by atoms with E-state index in [1.165, 1.54) is 0 Å². The molecule has 0 heterocycles. The fraction of sp³-hybridized carbons (Fsp3) is 1.00. The maximum absolute atomic E-state index is 8.34. The summed E-state index contributed by atoms with van der Waals surface area (Å²) in [6.07, 6.45) is 0.460. The van der Waals surface area contributed by atoms with Crippen LogP contribution in [0.5, 0.6) is 0 Å². The highest BCUT2D eigenvalue weighted by Gasteiger charge is 2.05. The van der Waals surface area contributed by atoms with Crippen LogP contribution in [0, 0.1) is 0 Å². The topological polar surface area (TPSA) is 49.7 Å². The second-order valence-electron chi connectivity index (χ2n) is 2.19. The largest absolute Gasteiger partial charge is 0.453 e. The van der Waals surface area contributed by atoms with E-state index in [1.54, 1.807) is 0 Å². The Hall–Kier alpha value is -0.0551. The summed E-state index contributed by atoms with van der Waals surface area (Å²) in [4.78, 5) is 0. The van der Waals surface area contributed by atoms with Gasteiger partial charge in [-0.05, 0) is 13.8 Å². The summed E-state index contributed by atoms with van der Waals surface area (Å²) < 4.78 is 5.03. The van der Waals surface area contributed by atoms with Crippen molar-refractivity contribution in [3.8, 4) is 0 Å². The van der Waals surface area contributed by atoms with Crippen LogP contribution < -0.4 is 0 Å². The molecule has 0 aliphatic rings. The van der Waals surface area contributed by atoms with E-state index < -0.39 is 7.12 Å². The van der Waals surface area contributed by atoms with Gasteiger partial charge in [-0.2, -0.15) is 0 Å². The molecular weight excluding hydrogens is 119 g/mol. The molecule has 2 N–H and O–H groups in total. The molecule has 0 aliphatic heterocycles. The summed E-state index contributed by atoms with van der Waals surface area (Å²) in [7, 11) is -1.23. The fourth-order valence-electron chi connectivity index (χ4n) is 0.409. The molecule has 0 aliphatic carbocycles. The summed E-state index contributed by atoms with van der Waals surface area (Å²) in [6, 6.07) is 0. The van der Waals surface area contributed by atoms with Gasteiger partial charge < -0.3 is 14.8 Å². The van der Waals surface area contributed by atoms with Crippen molar-refractivity contribution in [3.05, 3.63) is 0 Å². The normalized spacial score (nSPS) is 10.3. The van der Waals surface area contributed by atoms with Crippen molar-refractivity contribution in [2.75, 3.05) is 6.61 Å². The minimum absolute atomic E-state index is 0.170. The molecule has 0 radical (unpaired) electrons. The van der Waals surface area contributed by atoms with Crippen molar-refractivity contribution < 1.29 is 14.8 Å². The van der Waals surface area contributed by atoms with E-state index in [9.17, 15) is 0 Å². The molecule has 0 rings (SSSR count). The lowest BCUT2D eigenvalue weighted by Gasteiger charge is -2.05. The first-order valence-corrected chi connectivity index (χ1v) is 3.10. The summed E-state index contributed by atoms with van der Waals surface area (Å²) >= 11 is 0. The second-order valence-corrected chi connectivity index (χ2v) is 2.19. The van der Waals surface area contributed by atoms with E-state index in [0.29, 0.717) is 6.61 Å². The molecule has 0 bridgehead atoms. The number of ether oxygens (including phenoxy) is 1. The van der Waals surface area contributed by atoms with Gasteiger partial charge in [0.1, 0.15) is 0 Å². The molecule has 54 valence electrons. The molecule has 0 aromatic heterocycles. The van der Waals surface area contributed by atoms with Crippen LogP contribution in [-0.2, 0) is 4.74 Å². The average Bonchev–Trinajstić information content (AvgIpc) is 1.63. The van der Waals surface area contributed by atoms with Gasteiger partial charge >= 0.3 is 7.12 Å². The smallest absolute Gasteiger partial charge is 0.427 e. The lowest BCUT2D eigenvalue weighted by Crippen LogP contribution is -2.15. The molecule has 9 heavy (non-hydrogen) atoms. The van der Waals surface area contributed by atoms with Crippen LogP contribution in [0.3, 0.4) is 0 Å². The molecule has 0 aromatic carbocycles. The second kappa shape index (κ2) is 4.79. The van der Waals surface area contributed by atoms with E-state index in [4.69, 9.17) is 14.8 Å². The number of rotatable bonds is 4. The van der Waals surface area contributed by atoms with E-state index in [1.807, 2.05) is 13.8 Å². The van der Waals surface area contributed by atoms with Gasteiger partial charge in [-0.1, -0.05) is 0 Å². The molecule has 0 amide bonds. The molecule has 0 unspecified atom stereocenters. The zero-order chi connectivity index (χ0) is 7.28. The first-order valence-electron chi connectivity index (χ1n) is 3.10. The van der Waals surface area contributed by atoms with Crippen LogP contribution in [0.2, 0.25) is 6.32 Å². The van der Waals surface area contributed by atoms with Gasteiger partial charge in [0, 0.05) is 12.9 Å². The van der Waals surface area contributed by atoms with Gasteiger partial charge in [-0.3, -0.25) is 0 Å². The summed E-state index contributed by atoms with van der Waals surface area (Å²) in [5, 5.41) is 16.7. The fourth-order valence-corrected chi connectivity index (χ4v) is 0.409. The third-order valence-electron chi connectivity index (χ3n) is 0.827. The maximum atomic E-state index is 8.34. The summed E-state index contributed by atoms with van der Waals surface area (Å²) in [5.74, 6) is 0. The predicted molar refractivity (Wildman–Crippen MR) is 36.1 cm³/mol. The Morgan fingerprint density at radius 2 is 2.00 bits per heavy atom. The molecule has 0 spiro atoms. The SMILES string of the molecule is CC(C)OCCB(O)O. The van der Waals surface area contributed by atoms with E-state index >= 15 is 0 Å². The predicted octanol–water partition coefficient (Wildman–Crippen LogP) is -0.116. The molecular formula is C5H13BO3. The highest BCUT2D eigenvalue weighted by atomic mass is 16.5. The molecule has 4 heteroatoms. The van der Waals surface area contributed by atoms with Crippen LogP contribution in [0.1, 0.15) is 13.8 Å².